The quantitative estimate of drug-likeness (QED) is 0.567. The van der Waals surface area contributed by atoms with Crippen molar-refractivity contribution in [2.75, 3.05) is 0 Å². The number of benzene rings is 2. The molecular weight excluding hydrogens is 391 g/mol. The van der Waals surface area contributed by atoms with Gasteiger partial charge in [-0.25, -0.2) is 4.39 Å². The number of nitrogens with one attached hydrogen (secondary N) is 1. The largest absolute Gasteiger partial charge is 0.352 e. The average Bonchev–Trinajstić information content (AvgIpc) is 2.76. The van der Waals surface area contributed by atoms with Crippen molar-refractivity contribution in [1.29, 1.82) is 0 Å². The highest BCUT2D eigenvalue weighted by Crippen LogP contribution is 2.18. The molecule has 0 bridgehead atoms. The number of rotatable bonds is 10. The molecule has 0 saturated carbocycles. The number of carbonyl (C=O) groups excluding carboxylic acids is 2. The topological polar surface area (TPSA) is 49.4 Å². The third-order valence-electron chi connectivity index (χ3n) is 5.74. The molecule has 0 aromatic heterocycles. The van der Waals surface area contributed by atoms with Crippen molar-refractivity contribution in [2.45, 2.75) is 78.4 Å². The molecule has 2 amide bonds. The van der Waals surface area contributed by atoms with Crippen molar-refractivity contribution in [3.8, 4) is 0 Å². The summed E-state index contributed by atoms with van der Waals surface area (Å²) >= 11 is 0. The van der Waals surface area contributed by atoms with Crippen LogP contribution in [0.5, 0.6) is 0 Å². The highest BCUT2D eigenvalue weighted by atomic mass is 19.1. The van der Waals surface area contributed by atoms with Gasteiger partial charge < -0.3 is 10.2 Å². The molecule has 4 nitrogen and oxygen atoms in total. The summed E-state index contributed by atoms with van der Waals surface area (Å²) in [7, 11) is 0. The Labute approximate surface area is 185 Å². The van der Waals surface area contributed by atoms with Crippen molar-refractivity contribution in [2.24, 2.45) is 0 Å². The third kappa shape index (κ3) is 7.20. The number of aryl methyl sites for hydroxylation is 1. The van der Waals surface area contributed by atoms with Crippen LogP contribution in [0.15, 0.2) is 48.5 Å². The van der Waals surface area contributed by atoms with Crippen LogP contribution in [-0.4, -0.2) is 28.8 Å². The van der Waals surface area contributed by atoms with Gasteiger partial charge in [0.2, 0.25) is 11.8 Å². The molecule has 168 valence electrons. The molecule has 0 unspecified atom stereocenters. The first-order chi connectivity index (χ1) is 14.7. The van der Waals surface area contributed by atoms with E-state index in [9.17, 15) is 14.0 Å². The monoisotopic (exact) mass is 426 g/mol. The lowest BCUT2D eigenvalue weighted by Crippen LogP contribution is -2.49. The smallest absolute Gasteiger partial charge is 0.242 e. The molecule has 0 radical (unpaired) electrons. The second kappa shape index (κ2) is 11.6. The third-order valence-corrected chi connectivity index (χ3v) is 5.74. The van der Waals surface area contributed by atoms with Crippen LogP contribution in [0, 0.1) is 5.82 Å². The molecule has 2 aromatic carbocycles. The highest BCUT2D eigenvalue weighted by molar-refractivity contribution is 5.87. The Bertz CT molecular complexity index is 864. The molecule has 0 spiro atoms. The van der Waals surface area contributed by atoms with E-state index in [4.69, 9.17) is 0 Å². The van der Waals surface area contributed by atoms with Gasteiger partial charge in [0.15, 0.2) is 0 Å². The normalized spacial score (nSPS) is 13.0. The first kappa shape index (κ1) is 24.6. The van der Waals surface area contributed by atoms with Crippen LogP contribution < -0.4 is 5.32 Å². The van der Waals surface area contributed by atoms with Crippen molar-refractivity contribution < 1.29 is 14.0 Å². The van der Waals surface area contributed by atoms with Gasteiger partial charge in [-0.1, -0.05) is 63.2 Å². The number of amides is 2. The number of nitrogens with zero attached hydrogens (tertiary/aromatic N) is 1. The fourth-order valence-corrected chi connectivity index (χ4v) is 3.32. The second-order valence-corrected chi connectivity index (χ2v) is 8.50. The number of hydrogen-bond acceptors (Lipinski definition) is 2. The number of halogens is 1. The lowest BCUT2D eigenvalue weighted by molar-refractivity contribution is -0.140. The Morgan fingerprint density at radius 2 is 1.65 bits per heavy atom. The summed E-state index contributed by atoms with van der Waals surface area (Å²) in [6.07, 6.45) is 1.63. The van der Waals surface area contributed by atoms with E-state index in [2.05, 4.69) is 31.3 Å². The minimum Gasteiger partial charge on any atom is -0.352 e. The molecule has 31 heavy (non-hydrogen) atoms. The summed E-state index contributed by atoms with van der Waals surface area (Å²) in [5.74, 6) is -0.306. The number of hydrogen-bond donors (Lipinski definition) is 1. The fraction of sp³-hybridized carbons (Fsp3) is 0.462. The van der Waals surface area contributed by atoms with E-state index in [1.807, 2.05) is 26.0 Å². The van der Waals surface area contributed by atoms with Crippen LogP contribution in [0.3, 0.4) is 0 Å². The van der Waals surface area contributed by atoms with Crippen LogP contribution in [-0.2, 0) is 22.6 Å². The number of carbonyl (C=O) groups is 2. The Balaban J connectivity index is 2.14. The highest BCUT2D eigenvalue weighted by Gasteiger charge is 2.27. The molecule has 0 fully saturated rings. The van der Waals surface area contributed by atoms with Crippen LogP contribution in [0.1, 0.15) is 70.1 Å². The van der Waals surface area contributed by atoms with Gasteiger partial charge in [0.05, 0.1) is 0 Å². The molecule has 0 aliphatic rings. The molecule has 0 aliphatic heterocycles. The van der Waals surface area contributed by atoms with E-state index in [1.165, 1.54) is 16.5 Å². The summed E-state index contributed by atoms with van der Waals surface area (Å²) in [6, 6.07) is 14.0. The molecule has 0 aliphatic carbocycles. The van der Waals surface area contributed by atoms with Crippen LogP contribution in [0.25, 0.3) is 0 Å². The first-order valence-electron chi connectivity index (χ1n) is 11.1. The minimum absolute atomic E-state index is 0.0137. The van der Waals surface area contributed by atoms with Gasteiger partial charge in [-0.2, -0.15) is 0 Å². The zero-order valence-electron chi connectivity index (χ0n) is 19.3. The van der Waals surface area contributed by atoms with Gasteiger partial charge in [0, 0.05) is 24.6 Å². The maximum Gasteiger partial charge on any atom is 0.242 e. The summed E-state index contributed by atoms with van der Waals surface area (Å²) in [5.41, 5.74) is 2.73. The van der Waals surface area contributed by atoms with E-state index >= 15 is 0 Å². The predicted octanol–water partition coefficient (Wildman–Crippen LogP) is 5.21. The van der Waals surface area contributed by atoms with Gasteiger partial charge in [-0.3, -0.25) is 9.59 Å². The average molecular weight is 427 g/mol. The standard InChI is InChI=1S/C26H35FN2O2/c1-6-19(4)28-26(31)20(5)29(17-23-9-7-8-10-24(23)27)25(30)16-13-21-11-14-22(15-12-21)18(2)3/h7-12,14-15,18-20H,6,13,16-17H2,1-5H3,(H,28,31)/t19-,20+/m1/s1. The van der Waals surface area contributed by atoms with E-state index in [-0.39, 0.29) is 36.6 Å². The summed E-state index contributed by atoms with van der Waals surface area (Å²) in [4.78, 5) is 27.3. The van der Waals surface area contributed by atoms with Crippen LogP contribution >= 0.6 is 0 Å². The zero-order valence-corrected chi connectivity index (χ0v) is 19.3. The van der Waals surface area contributed by atoms with Crippen molar-refractivity contribution in [3.63, 3.8) is 0 Å². The molecule has 2 rings (SSSR count). The van der Waals surface area contributed by atoms with Gasteiger partial charge in [0.25, 0.3) is 0 Å². The fourth-order valence-electron chi connectivity index (χ4n) is 3.32. The molecule has 2 atom stereocenters. The van der Waals surface area contributed by atoms with Crippen molar-refractivity contribution in [3.05, 3.63) is 71.0 Å². The Kier molecular flexibility index (Phi) is 9.22. The molecule has 1 N–H and O–H groups in total. The van der Waals surface area contributed by atoms with E-state index in [0.29, 0.717) is 17.9 Å². The Morgan fingerprint density at radius 3 is 2.23 bits per heavy atom. The Hall–Kier alpha value is -2.69. The molecule has 0 saturated heterocycles. The lowest BCUT2D eigenvalue weighted by Gasteiger charge is -2.30. The van der Waals surface area contributed by atoms with Gasteiger partial charge in [-0.15, -0.1) is 0 Å². The molecule has 0 heterocycles. The predicted molar refractivity (Wildman–Crippen MR) is 123 cm³/mol. The van der Waals surface area contributed by atoms with E-state index in [1.54, 1.807) is 25.1 Å². The van der Waals surface area contributed by atoms with Crippen LogP contribution in [0.4, 0.5) is 4.39 Å². The first-order valence-corrected chi connectivity index (χ1v) is 11.1. The maximum absolute atomic E-state index is 14.3. The zero-order chi connectivity index (χ0) is 23.0. The summed E-state index contributed by atoms with van der Waals surface area (Å²) in [5, 5.41) is 2.93. The molecule has 5 heteroatoms. The van der Waals surface area contributed by atoms with Crippen molar-refractivity contribution >= 4 is 11.8 Å². The summed E-state index contributed by atoms with van der Waals surface area (Å²) in [6.45, 7) is 9.97. The van der Waals surface area contributed by atoms with Gasteiger partial charge in [0.1, 0.15) is 11.9 Å². The lowest BCUT2D eigenvalue weighted by atomic mass is 10.00. The van der Waals surface area contributed by atoms with E-state index < -0.39 is 6.04 Å². The second-order valence-electron chi connectivity index (χ2n) is 8.50. The summed E-state index contributed by atoms with van der Waals surface area (Å²) < 4.78 is 14.3. The van der Waals surface area contributed by atoms with Gasteiger partial charge >= 0.3 is 0 Å². The van der Waals surface area contributed by atoms with E-state index in [0.717, 1.165) is 12.0 Å². The van der Waals surface area contributed by atoms with Gasteiger partial charge in [-0.05, 0) is 49.8 Å². The molecule has 2 aromatic rings. The maximum atomic E-state index is 14.3. The van der Waals surface area contributed by atoms with Crippen molar-refractivity contribution in [1.82, 2.24) is 10.2 Å². The minimum atomic E-state index is -0.690. The Morgan fingerprint density at radius 1 is 1.00 bits per heavy atom. The van der Waals surface area contributed by atoms with Crippen LogP contribution in [0.2, 0.25) is 0 Å². The molecular formula is C26H35FN2O2. The SMILES string of the molecule is CC[C@@H](C)NC(=O)[C@H](C)N(Cc1ccccc1F)C(=O)CCc1ccc(C(C)C)cc1.